The van der Waals surface area contributed by atoms with Crippen LogP contribution in [0.1, 0.15) is 11.3 Å². The van der Waals surface area contributed by atoms with Crippen LogP contribution in [0.3, 0.4) is 0 Å². The zero-order chi connectivity index (χ0) is 11.7. The van der Waals surface area contributed by atoms with Crippen LogP contribution >= 0.6 is 15.9 Å². The summed E-state index contributed by atoms with van der Waals surface area (Å²) in [6.45, 7) is 3.56. The van der Waals surface area contributed by atoms with E-state index in [2.05, 4.69) is 30.9 Å². The Morgan fingerprint density at radius 3 is 2.75 bits per heavy atom. The standard InChI is InChI=1S/C11H10BrN3O/c1-6-7(2)14-10(15-11(6)16)9-8(12)4-3-5-13-9/h3-5H,1-2H3,(H,14,15,16). The lowest BCUT2D eigenvalue weighted by atomic mass is 10.2. The van der Waals surface area contributed by atoms with E-state index in [1.807, 2.05) is 19.1 Å². The van der Waals surface area contributed by atoms with Crippen LogP contribution in [0.5, 0.6) is 0 Å². The molecule has 0 aromatic carbocycles. The lowest BCUT2D eigenvalue weighted by molar-refractivity contribution is 1.02. The second kappa shape index (κ2) is 4.17. The number of hydrogen-bond donors (Lipinski definition) is 1. The summed E-state index contributed by atoms with van der Waals surface area (Å²) in [4.78, 5) is 22.8. The Hall–Kier alpha value is -1.49. The fraction of sp³-hybridized carbons (Fsp3) is 0.182. The summed E-state index contributed by atoms with van der Waals surface area (Å²) in [6.07, 6.45) is 1.66. The number of pyridine rings is 1. The minimum absolute atomic E-state index is 0.125. The Balaban J connectivity index is 2.67. The third kappa shape index (κ3) is 1.90. The van der Waals surface area contributed by atoms with Gasteiger partial charge < -0.3 is 4.98 Å². The summed E-state index contributed by atoms with van der Waals surface area (Å²) >= 11 is 3.38. The molecule has 0 amide bonds. The van der Waals surface area contributed by atoms with Crippen LogP contribution in [0.25, 0.3) is 11.5 Å². The highest BCUT2D eigenvalue weighted by Gasteiger charge is 2.09. The van der Waals surface area contributed by atoms with Gasteiger partial charge in [0.25, 0.3) is 5.56 Å². The van der Waals surface area contributed by atoms with Gasteiger partial charge in [0.05, 0.1) is 0 Å². The van der Waals surface area contributed by atoms with Crippen LogP contribution in [0.2, 0.25) is 0 Å². The second-order valence-electron chi connectivity index (χ2n) is 3.46. The van der Waals surface area contributed by atoms with E-state index in [1.54, 1.807) is 13.1 Å². The molecule has 0 aliphatic heterocycles. The highest BCUT2D eigenvalue weighted by molar-refractivity contribution is 9.10. The van der Waals surface area contributed by atoms with Gasteiger partial charge in [-0.05, 0) is 41.9 Å². The lowest BCUT2D eigenvalue weighted by Crippen LogP contribution is -2.14. The smallest absolute Gasteiger partial charge is 0.254 e. The molecule has 5 heteroatoms. The van der Waals surface area contributed by atoms with E-state index in [4.69, 9.17) is 0 Å². The van der Waals surface area contributed by atoms with E-state index in [0.717, 1.165) is 10.2 Å². The molecular formula is C11H10BrN3O. The number of aryl methyl sites for hydroxylation is 1. The summed E-state index contributed by atoms with van der Waals surface area (Å²) in [7, 11) is 0. The van der Waals surface area contributed by atoms with E-state index < -0.39 is 0 Å². The van der Waals surface area contributed by atoms with Gasteiger partial charge in [0, 0.05) is 21.9 Å². The molecule has 2 aromatic heterocycles. The van der Waals surface area contributed by atoms with Crippen molar-refractivity contribution in [2.45, 2.75) is 13.8 Å². The van der Waals surface area contributed by atoms with Crippen molar-refractivity contribution in [3.05, 3.63) is 44.4 Å². The van der Waals surface area contributed by atoms with Crippen LogP contribution in [0, 0.1) is 13.8 Å². The summed E-state index contributed by atoms with van der Waals surface area (Å²) in [6, 6.07) is 3.67. The Morgan fingerprint density at radius 2 is 2.12 bits per heavy atom. The Labute approximate surface area is 101 Å². The topological polar surface area (TPSA) is 58.6 Å². The molecule has 4 nitrogen and oxygen atoms in total. The van der Waals surface area contributed by atoms with E-state index in [9.17, 15) is 4.79 Å². The molecule has 2 aromatic rings. The summed E-state index contributed by atoms with van der Waals surface area (Å²) in [5.41, 5.74) is 1.87. The lowest BCUT2D eigenvalue weighted by Gasteiger charge is -2.04. The maximum atomic E-state index is 11.6. The molecule has 0 saturated heterocycles. The normalized spacial score (nSPS) is 10.4. The van der Waals surface area contributed by atoms with Gasteiger partial charge in [-0.25, -0.2) is 4.98 Å². The zero-order valence-corrected chi connectivity index (χ0v) is 10.5. The highest BCUT2D eigenvalue weighted by atomic mass is 79.9. The predicted molar refractivity (Wildman–Crippen MR) is 65.3 cm³/mol. The molecule has 2 heterocycles. The fourth-order valence-corrected chi connectivity index (χ4v) is 1.76. The number of halogens is 1. The average molecular weight is 280 g/mol. The largest absolute Gasteiger partial charge is 0.305 e. The van der Waals surface area contributed by atoms with Gasteiger partial charge in [-0.3, -0.25) is 9.78 Å². The maximum absolute atomic E-state index is 11.6. The van der Waals surface area contributed by atoms with Crippen molar-refractivity contribution in [1.29, 1.82) is 0 Å². The summed E-state index contributed by atoms with van der Waals surface area (Å²) < 4.78 is 0.807. The van der Waals surface area contributed by atoms with Crippen LogP contribution in [-0.4, -0.2) is 15.0 Å². The van der Waals surface area contributed by atoms with E-state index in [-0.39, 0.29) is 5.56 Å². The third-order valence-electron chi connectivity index (χ3n) is 2.38. The van der Waals surface area contributed by atoms with E-state index >= 15 is 0 Å². The first-order chi connectivity index (χ1) is 7.59. The maximum Gasteiger partial charge on any atom is 0.254 e. The van der Waals surface area contributed by atoms with Crippen molar-refractivity contribution >= 4 is 15.9 Å². The number of nitrogens with zero attached hydrogens (tertiary/aromatic N) is 2. The highest BCUT2D eigenvalue weighted by Crippen LogP contribution is 2.21. The van der Waals surface area contributed by atoms with E-state index in [0.29, 0.717) is 17.1 Å². The quantitative estimate of drug-likeness (QED) is 0.871. The molecule has 0 bridgehead atoms. The number of nitrogens with one attached hydrogen (secondary N) is 1. The average Bonchev–Trinajstić information content (AvgIpc) is 2.26. The number of aromatic nitrogens is 3. The van der Waals surface area contributed by atoms with Crippen molar-refractivity contribution in [1.82, 2.24) is 15.0 Å². The van der Waals surface area contributed by atoms with Gasteiger partial charge in [-0.2, -0.15) is 0 Å². The van der Waals surface area contributed by atoms with Gasteiger partial charge in [0.15, 0.2) is 5.82 Å². The van der Waals surface area contributed by atoms with Crippen molar-refractivity contribution < 1.29 is 0 Å². The Morgan fingerprint density at radius 1 is 1.38 bits per heavy atom. The van der Waals surface area contributed by atoms with Crippen molar-refractivity contribution in [3.63, 3.8) is 0 Å². The van der Waals surface area contributed by atoms with Crippen molar-refractivity contribution in [3.8, 4) is 11.5 Å². The predicted octanol–water partition coefficient (Wildman–Crippen LogP) is 2.21. The molecule has 0 atom stereocenters. The Bertz CT molecular complexity index is 592. The summed E-state index contributed by atoms with van der Waals surface area (Å²) in [5.74, 6) is 0.487. The van der Waals surface area contributed by atoms with Crippen molar-refractivity contribution in [2.75, 3.05) is 0 Å². The molecule has 1 N–H and O–H groups in total. The molecule has 0 aliphatic carbocycles. The molecule has 16 heavy (non-hydrogen) atoms. The van der Waals surface area contributed by atoms with Crippen LogP contribution in [-0.2, 0) is 0 Å². The first-order valence-corrected chi connectivity index (χ1v) is 5.57. The zero-order valence-electron chi connectivity index (χ0n) is 8.91. The van der Waals surface area contributed by atoms with Gasteiger partial charge in [0.1, 0.15) is 5.69 Å². The molecule has 0 fully saturated rings. The van der Waals surface area contributed by atoms with Gasteiger partial charge in [-0.1, -0.05) is 0 Å². The first kappa shape index (κ1) is 11.0. The minimum atomic E-state index is -0.125. The monoisotopic (exact) mass is 279 g/mol. The van der Waals surface area contributed by atoms with E-state index in [1.165, 1.54) is 0 Å². The first-order valence-electron chi connectivity index (χ1n) is 4.78. The molecule has 2 rings (SSSR count). The fourth-order valence-electron chi connectivity index (χ4n) is 1.32. The van der Waals surface area contributed by atoms with Crippen LogP contribution in [0.15, 0.2) is 27.6 Å². The molecule has 0 spiro atoms. The molecule has 82 valence electrons. The van der Waals surface area contributed by atoms with Gasteiger partial charge in [-0.15, -0.1) is 0 Å². The molecule has 0 aliphatic rings. The molecule has 0 radical (unpaired) electrons. The number of rotatable bonds is 1. The van der Waals surface area contributed by atoms with Gasteiger partial charge in [0.2, 0.25) is 0 Å². The second-order valence-corrected chi connectivity index (χ2v) is 4.31. The van der Waals surface area contributed by atoms with Gasteiger partial charge >= 0.3 is 0 Å². The Kier molecular flexibility index (Phi) is 2.87. The SMILES string of the molecule is Cc1nc(-c2ncccc2Br)[nH]c(=O)c1C. The molecule has 0 unspecified atom stereocenters. The van der Waals surface area contributed by atoms with Crippen LogP contribution in [0.4, 0.5) is 0 Å². The number of H-pyrrole nitrogens is 1. The third-order valence-corrected chi connectivity index (χ3v) is 3.02. The molecular weight excluding hydrogens is 270 g/mol. The number of hydrogen-bond acceptors (Lipinski definition) is 3. The number of aromatic amines is 1. The van der Waals surface area contributed by atoms with Crippen molar-refractivity contribution in [2.24, 2.45) is 0 Å². The van der Waals surface area contributed by atoms with Crippen LogP contribution < -0.4 is 5.56 Å². The molecule has 0 saturated carbocycles. The summed E-state index contributed by atoms with van der Waals surface area (Å²) in [5, 5.41) is 0. The minimum Gasteiger partial charge on any atom is -0.305 e.